The van der Waals surface area contributed by atoms with E-state index in [1.165, 1.54) is 38.0 Å². The van der Waals surface area contributed by atoms with Crippen LogP contribution in [0, 0.1) is 0 Å². The zero-order valence-electron chi connectivity index (χ0n) is 9.61. The molecule has 0 aliphatic carbocycles. The van der Waals surface area contributed by atoms with Crippen molar-refractivity contribution in [2.45, 2.75) is 19.3 Å². The molecule has 2 heterocycles. The van der Waals surface area contributed by atoms with Gasteiger partial charge in [0.2, 0.25) is 0 Å². The van der Waals surface area contributed by atoms with Crippen LogP contribution in [0.3, 0.4) is 0 Å². The Morgan fingerprint density at radius 1 is 1.20 bits per heavy atom. The molecule has 15 heavy (non-hydrogen) atoms. The molecule has 1 saturated heterocycles. The normalized spacial score (nSPS) is 16.5. The summed E-state index contributed by atoms with van der Waals surface area (Å²) in [7, 11) is 4.06. The molecule has 82 valence electrons. The first-order valence-electron chi connectivity index (χ1n) is 5.66. The summed E-state index contributed by atoms with van der Waals surface area (Å²) in [6, 6.07) is 4.28. The largest absolute Gasteiger partial charge is 0.371 e. The lowest BCUT2D eigenvalue weighted by atomic mass is 10.1. The summed E-state index contributed by atoms with van der Waals surface area (Å²) in [6.45, 7) is 2.38. The van der Waals surface area contributed by atoms with Crippen molar-refractivity contribution in [2.75, 3.05) is 37.0 Å². The Kier molecular flexibility index (Phi) is 3.09. The minimum absolute atomic E-state index is 1.04. The molecule has 1 aromatic rings. The standard InChI is InChI=1S/C12H19N3/c1-14(2)12-10-11(6-7-13-12)15-8-4-3-5-9-15/h6-7,10H,3-5,8-9H2,1-2H3. The van der Waals surface area contributed by atoms with Crippen LogP contribution in [-0.4, -0.2) is 32.2 Å². The number of pyridine rings is 1. The Morgan fingerprint density at radius 3 is 2.60 bits per heavy atom. The SMILES string of the molecule is CN(C)c1cc(N2CCCCC2)ccn1. The van der Waals surface area contributed by atoms with Crippen LogP contribution in [0.25, 0.3) is 0 Å². The molecule has 0 N–H and O–H groups in total. The average Bonchev–Trinajstić information content (AvgIpc) is 2.30. The van der Waals surface area contributed by atoms with Crippen LogP contribution < -0.4 is 9.80 Å². The summed E-state index contributed by atoms with van der Waals surface area (Å²) in [5.41, 5.74) is 1.31. The Hall–Kier alpha value is -1.25. The van der Waals surface area contributed by atoms with E-state index in [9.17, 15) is 0 Å². The van der Waals surface area contributed by atoms with E-state index in [0.717, 1.165) is 5.82 Å². The van der Waals surface area contributed by atoms with Crippen molar-refractivity contribution < 1.29 is 0 Å². The van der Waals surface area contributed by atoms with Crippen molar-refractivity contribution in [1.82, 2.24) is 4.98 Å². The fourth-order valence-electron chi connectivity index (χ4n) is 2.00. The highest BCUT2D eigenvalue weighted by Gasteiger charge is 2.11. The summed E-state index contributed by atoms with van der Waals surface area (Å²) in [6.07, 6.45) is 5.92. The third-order valence-electron chi connectivity index (χ3n) is 2.91. The van der Waals surface area contributed by atoms with E-state index in [4.69, 9.17) is 0 Å². The van der Waals surface area contributed by atoms with E-state index < -0.39 is 0 Å². The molecule has 0 radical (unpaired) electrons. The molecule has 0 bridgehead atoms. The van der Waals surface area contributed by atoms with Gasteiger partial charge >= 0.3 is 0 Å². The number of piperidine rings is 1. The van der Waals surface area contributed by atoms with Gasteiger partial charge in [-0.15, -0.1) is 0 Å². The lowest BCUT2D eigenvalue weighted by Gasteiger charge is -2.29. The Balaban J connectivity index is 2.16. The van der Waals surface area contributed by atoms with Gasteiger partial charge < -0.3 is 9.80 Å². The minimum atomic E-state index is 1.04. The van der Waals surface area contributed by atoms with Crippen LogP contribution in [0.1, 0.15) is 19.3 Å². The van der Waals surface area contributed by atoms with Gasteiger partial charge in [-0.1, -0.05) is 0 Å². The number of anilines is 2. The fraction of sp³-hybridized carbons (Fsp3) is 0.583. The molecule has 1 aliphatic rings. The number of hydrogen-bond acceptors (Lipinski definition) is 3. The highest BCUT2D eigenvalue weighted by Crippen LogP contribution is 2.22. The molecule has 0 saturated carbocycles. The van der Waals surface area contributed by atoms with Gasteiger partial charge in [-0.3, -0.25) is 0 Å². The Morgan fingerprint density at radius 2 is 1.93 bits per heavy atom. The maximum atomic E-state index is 4.33. The van der Waals surface area contributed by atoms with Crippen LogP contribution in [0.4, 0.5) is 11.5 Å². The second-order valence-corrected chi connectivity index (χ2v) is 4.31. The summed E-state index contributed by atoms with van der Waals surface area (Å²) >= 11 is 0. The molecule has 1 fully saturated rings. The Labute approximate surface area is 91.7 Å². The highest BCUT2D eigenvalue weighted by molar-refractivity contribution is 5.54. The van der Waals surface area contributed by atoms with Crippen LogP contribution in [0.15, 0.2) is 18.3 Å². The number of nitrogens with zero attached hydrogens (tertiary/aromatic N) is 3. The van der Waals surface area contributed by atoms with Crippen molar-refractivity contribution in [1.29, 1.82) is 0 Å². The fourth-order valence-corrected chi connectivity index (χ4v) is 2.00. The predicted octanol–water partition coefficient (Wildman–Crippen LogP) is 2.14. The van der Waals surface area contributed by atoms with Crippen LogP contribution in [0.2, 0.25) is 0 Å². The maximum absolute atomic E-state index is 4.33. The first-order valence-corrected chi connectivity index (χ1v) is 5.66. The van der Waals surface area contributed by atoms with Crippen molar-refractivity contribution in [2.24, 2.45) is 0 Å². The van der Waals surface area contributed by atoms with Gasteiger partial charge in [-0.05, 0) is 25.3 Å². The number of rotatable bonds is 2. The van der Waals surface area contributed by atoms with Gasteiger partial charge in [0, 0.05) is 45.1 Å². The summed E-state index contributed by atoms with van der Waals surface area (Å²) in [5.74, 6) is 1.04. The monoisotopic (exact) mass is 205 g/mol. The van der Waals surface area contributed by atoms with E-state index in [2.05, 4.69) is 22.0 Å². The molecular formula is C12H19N3. The molecule has 0 atom stereocenters. The second kappa shape index (κ2) is 4.51. The summed E-state index contributed by atoms with van der Waals surface area (Å²) in [5, 5.41) is 0. The van der Waals surface area contributed by atoms with Crippen molar-refractivity contribution >= 4 is 11.5 Å². The van der Waals surface area contributed by atoms with E-state index in [1.807, 2.05) is 25.2 Å². The van der Waals surface area contributed by atoms with Crippen molar-refractivity contribution in [3.63, 3.8) is 0 Å². The smallest absolute Gasteiger partial charge is 0.130 e. The van der Waals surface area contributed by atoms with Gasteiger partial charge in [0.1, 0.15) is 5.82 Å². The molecule has 1 aromatic heterocycles. The molecule has 2 rings (SSSR count). The molecule has 1 aliphatic heterocycles. The zero-order valence-corrected chi connectivity index (χ0v) is 9.61. The van der Waals surface area contributed by atoms with Gasteiger partial charge in [-0.2, -0.15) is 0 Å². The van der Waals surface area contributed by atoms with E-state index in [-0.39, 0.29) is 0 Å². The Bertz CT molecular complexity index is 316. The predicted molar refractivity (Wildman–Crippen MR) is 64.6 cm³/mol. The minimum Gasteiger partial charge on any atom is -0.371 e. The van der Waals surface area contributed by atoms with Crippen molar-refractivity contribution in [3.05, 3.63) is 18.3 Å². The highest BCUT2D eigenvalue weighted by atomic mass is 15.2. The first-order chi connectivity index (χ1) is 7.27. The molecule has 3 nitrogen and oxygen atoms in total. The molecule has 0 spiro atoms. The molecule has 0 aromatic carbocycles. The second-order valence-electron chi connectivity index (χ2n) is 4.31. The summed E-state index contributed by atoms with van der Waals surface area (Å²) in [4.78, 5) is 8.84. The van der Waals surface area contributed by atoms with Crippen LogP contribution in [-0.2, 0) is 0 Å². The van der Waals surface area contributed by atoms with Crippen molar-refractivity contribution in [3.8, 4) is 0 Å². The number of aromatic nitrogens is 1. The van der Waals surface area contributed by atoms with E-state index in [0.29, 0.717) is 0 Å². The van der Waals surface area contributed by atoms with Gasteiger partial charge in [0.25, 0.3) is 0 Å². The quantitative estimate of drug-likeness (QED) is 0.737. The topological polar surface area (TPSA) is 19.4 Å². The lowest BCUT2D eigenvalue weighted by Crippen LogP contribution is -2.29. The number of hydrogen-bond donors (Lipinski definition) is 0. The van der Waals surface area contributed by atoms with Gasteiger partial charge in [0.05, 0.1) is 0 Å². The third-order valence-corrected chi connectivity index (χ3v) is 2.91. The zero-order chi connectivity index (χ0) is 10.7. The average molecular weight is 205 g/mol. The molecule has 0 amide bonds. The maximum Gasteiger partial charge on any atom is 0.130 e. The van der Waals surface area contributed by atoms with Crippen LogP contribution in [0.5, 0.6) is 0 Å². The van der Waals surface area contributed by atoms with Gasteiger partial charge in [0.15, 0.2) is 0 Å². The van der Waals surface area contributed by atoms with Crippen LogP contribution >= 0.6 is 0 Å². The van der Waals surface area contributed by atoms with E-state index >= 15 is 0 Å². The van der Waals surface area contributed by atoms with E-state index in [1.54, 1.807) is 0 Å². The molecule has 0 unspecified atom stereocenters. The lowest BCUT2D eigenvalue weighted by molar-refractivity contribution is 0.577. The third kappa shape index (κ3) is 2.41. The molecular weight excluding hydrogens is 186 g/mol. The summed E-state index contributed by atoms with van der Waals surface area (Å²) < 4.78 is 0. The van der Waals surface area contributed by atoms with Gasteiger partial charge in [-0.25, -0.2) is 4.98 Å². The molecule has 3 heteroatoms. The first kappa shape index (κ1) is 10.3.